The van der Waals surface area contributed by atoms with Crippen molar-refractivity contribution >= 4 is 37.9 Å². The van der Waals surface area contributed by atoms with Crippen LogP contribution in [0.15, 0.2) is 79.4 Å². The van der Waals surface area contributed by atoms with Crippen LogP contribution in [0.2, 0.25) is 0 Å². The zero-order chi connectivity index (χ0) is 19.3. The largest absolute Gasteiger partial charge is 0.497 e. The standard InChI is InChI=1S/C19H17BrN2O4S/c1-25-16-4-2-3-15(11-16)21-12-17-7-8-18(26-17)13-22-27(23,24)19-9-5-14(20)6-10-19/h2-12,22H,13H2,1H3. The average molecular weight is 449 g/mol. The molecule has 0 bridgehead atoms. The summed E-state index contributed by atoms with van der Waals surface area (Å²) in [6, 6.07) is 17.2. The minimum atomic E-state index is -3.61. The van der Waals surface area contributed by atoms with Crippen LogP contribution in [0.1, 0.15) is 11.5 Å². The van der Waals surface area contributed by atoms with Crippen LogP contribution >= 0.6 is 15.9 Å². The zero-order valence-electron chi connectivity index (χ0n) is 14.4. The predicted molar refractivity (Wildman–Crippen MR) is 107 cm³/mol. The lowest BCUT2D eigenvalue weighted by Crippen LogP contribution is -2.22. The van der Waals surface area contributed by atoms with Crippen molar-refractivity contribution in [2.24, 2.45) is 4.99 Å². The van der Waals surface area contributed by atoms with Gasteiger partial charge in [-0.1, -0.05) is 22.0 Å². The number of hydrogen-bond donors (Lipinski definition) is 1. The van der Waals surface area contributed by atoms with Crippen LogP contribution in [0, 0.1) is 0 Å². The van der Waals surface area contributed by atoms with Crippen LogP contribution in [-0.4, -0.2) is 21.7 Å². The van der Waals surface area contributed by atoms with Gasteiger partial charge in [0.2, 0.25) is 10.0 Å². The molecule has 0 aliphatic carbocycles. The lowest BCUT2D eigenvalue weighted by atomic mass is 10.3. The summed E-state index contributed by atoms with van der Waals surface area (Å²) in [7, 11) is -2.01. The van der Waals surface area contributed by atoms with Crippen molar-refractivity contribution in [3.05, 3.63) is 76.7 Å². The number of sulfonamides is 1. The average Bonchev–Trinajstić information content (AvgIpc) is 3.13. The third-order valence-electron chi connectivity index (χ3n) is 3.64. The molecule has 8 heteroatoms. The van der Waals surface area contributed by atoms with Gasteiger partial charge in [-0.15, -0.1) is 0 Å². The fourth-order valence-electron chi connectivity index (χ4n) is 2.25. The first-order valence-corrected chi connectivity index (χ1v) is 10.3. The number of benzene rings is 2. The summed E-state index contributed by atoms with van der Waals surface area (Å²) < 4.78 is 38.7. The first-order chi connectivity index (χ1) is 13.0. The van der Waals surface area contributed by atoms with Gasteiger partial charge in [0, 0.05) is 10.5 Å². The molecule has 0 saturated carbocycles. The third kappa shape index (κ3) is 5.29. The summed E-state index contributed by atoms with van der Waals surface area (Å²) in [5.74, 6) is 1.73. The van der Waals surface area contributed by atoms with E-state index in [1.165, 1.54) is 12.1 Å². The summed E-state index contributed by atoms with van der Waals surface area (Å²) in [6.45, 7) is 0.0470. The molecule has 6 nitrogen and oxygen atoms in total. The molecule has 140 valence electrons. The Hall–Kier alpha value is -2.42. The van der Waals surface area contributed by atoms with E-state index in [9.17, 15) is 8.42 Å². The first-order valence-electron chi connectivity index (χ1n) is 7.98. The van der Waals surface area contributed by atoms with Gasteiger partial charge in [-0.05, 0) is 48.5 Å². The Morgan fingerprint density at radius 1 is 1.15 bits per heavy atom. The number of halogens is 1. The van der Waals surface area contributed by atoms with E-state index in [0.717, 1.165) is 10.2 Å². The Balaban J connectivity index is 1.64. The lowest BCUT2D eigenvalue weighted by Gasteiger charge is -2.05. The minimum absolute atomic E-state index is 0.0470. The Morgan fingerprint density at radius 2 is 1.93 bits per heavy atom. The number of methoxy groups -OCH3 is 1. The Bertz CT molecular complexity index is 1040. The maximum Gasteiger partial charge on any atom is 0.240 e. The number of rotatable bonds is 7. The predicted octanol–water partition coefficient (Wildman–Crippen LogP) is 4.28. The molecule has 1 aromatic heterocycles. The molecule has 3 aromatic rings. The third-order valence-corrected chi connectivity index (χ3v) is 5.58. The monoisotopic (exact) mass is 448 g/mol. The second-order valence-corrected chi connectivity index (χ2v) is 8.22. The number of hydrogen-bond acceptors (Lipinski definition) is 5. The normalized spacial score (nSPS) is 11.8. The molecular weight excluding hydrogens is 432 g/mol. The molecule has 0 amide bonds. The van der Waals surface area contributed by atoms with E-state index in [1.807, 2.05) is 18.2 Å². The van der Waals surface area contributed by atoms with Gasteiger partial charge >= 0.3 is 0 Å². The lowest BCUT2D eigenvalue weighted by molar-refractivity contribution is 0.415. The van der Waals surface area contributed by atoms with Crippen molar-refractivity contribution in [2.75, 3.05) is 7.11 Å². The molecule has 1 heterocycles. The van der Waals surface area contributed by atoms with E-state index in [2.05, 4.69) is 25.6 Å². The molecule has 0 aliphatic heterocycles. The van der Waals surface area contributed by atoms with E-state index >= 15 is 0 Å². The second-order valence-electron chi connectivity index (χ2n) is 5.54. The highest BCUT2D eigenvalue weighted by atomic mass is 79.9. The van der Waals surface area contributed by atoms with Gasteiger partial charge in [0.25, 0.3) is 0 Å². The van der Waals surface area contributed by atoms with Crippen LogP contribution in [0.3, 0.4) is 0 Å². The SMILES string of the molecule is COc1cccc(N=Cc2ccc(CNS(=O)(=O)c3ccc(Br)cc3)o2)c1. The number of nitrogens with one attached hydrogen (secondary N) is 1. The summed E-state index contributed by atoms with van der Waals surface area (Å²) in [5.41, 5.74) is 0.725. The molecule has 0 unspecified atom stereocenters. The van der Waals surface area contributed by atoms with Crippen molar-refractivity contribution < 1.29 is 17.6 Å². The number of ether oxygens (including phenoxy) is 1. The van der Waals surface area contributed by atoms with Gasteiger partial charge in [0.05, 0.1) is 30.5 Å². The van der Waals surface area contributed by atoms with Gasteiger partial charge in [-0.3, -0.25) is 4.99 Å². The van der Waals surface area contributed by atoms with Gasteiger partial charge < -0.3 is 9.15 Å². The van der Waals surface area contributed by atoms with Crippen LogP contribution in [0.5, 0.6) is 5.75 Å². The van der Waals surface area contributed by atoms with E-state index in [4.69, 9.17) is 9.15 Å². The molecule has 0 aliphatic rings. The number of nitrogens with zero attached hydrogens (tertiary/aromatic N) is 1. The molecule has 1 N–H and O–H groups in total. The van der Waals surface area contributed by atoms with E-state index in [1.54, 1.807) is 43.7 Å². The fraction of sp³-hybridized carbons (Fsp3) is 0.105. The molecule has 3 rings (SSSR count). The molecule has 2 aromatic carbocycles. The van der Waals surface area contributed by atoms with Crippen LogP contribution < -0.4 is 9.46 Å². The van der Waals surface area contributed by atoms with Crippen molar-refractivity contribution in [2.45, 2.75) is 11.4 Å². The highest BCUT2D eigenvalue weighted by molar-refractivity contribution is 9.10. The quantitative estimate of drug-likeness (QED) is 0.546. The van der Waals surface area contributed by atoms with Crippen LogP contribution in [-0.2, 0) is 16.6 Å². The molecule has 0 spiro atoms. The summed E-state index contributed by atoms with van der Waals surface area (Å²) in [5, 5.41) is 0. The number of aliphatic imine (C=N–C) groups is 1. The van der Waals surface area contributed by atoms with Crippen molar-refractivity contribution in [3.63, 3.8) is 0 Å². The summed E-state index contributed by atoms with van der Waals surface area (Å²) in [4.78, 5) is 4.51. The highest BCUT2D eigenvalue weighted by Gasteiger charge is 2.14. The van der Waals surface area contributed by atoms with Gasteiger partial charge in [0.15, 0.2) is 0 Å². The fourth-order valence-corrected chi connectivity index (χ4v) is 3.51. The maximum absolute atomic E-state index is 12.3. The van der Waals surface area contributed by atoms with Gasteiger partial charge in [0.1, 0.15) is 17.3 Å². The molecule has 0 saturated heterocycles. The van der Waals surface area contributed by atoms with Crippen molar-refractivity contribution in [3.8, 4) is 5.75 Å². The zero-order valence-corrected chi connectivity index (χ0v) is 16.8. The molecule has 0 atom stereocenters. The molecular formula is C19H17BrN2O4S. The summed E-state index contributed by atoms with van der Waals surface area (Å²) >= 11 is 3.28. The van der Waals surface area contributed by atoms with Crippen molar-refractivity contribution in [1.82, 2.24) is 4.72 Å². The smallest absolute Gasteiger partial charge is 0.240 e. The Labute approximate surface area is 166 Å². The van der Waals surface area contributed by atoms with Crippen molar-refractivity contribution in [1.29, 1.82) is 0 Å². The van der Waals surface area contributed by atoms with E-state index in [0.29, 0.717) is 17.3 Å². The first kappa shape index (κ1) is 19.3. The molecule has 0 radical (unpaired) electrons. The minimum Gasteiger partial charge on any atom is -0.497 e. The Morgan fingerprint density at radius 3 is 2.67 bits per heavy atom. The molecule has 0 fully saturated rings. The topological polar surface area (TPSA) is 80.9 Å². The molecule has 27 heavy (non-hydrogen) atoms. The van der Waals surface area contributed by atoms with Crippen LogP contribution in [0.25, 0.3) is 0 Å². The second kappa shape index (κ2) is 8.51. The maximum atomic E-state index is 12.3. The number of furan rings is 1. The van der Waals surface area contributed by atoms with Crippen LogP contribution in [0.4, 0.5) is 5.69 Å². The highest BCUT2D eigenvalue weighted by Crippen LogP contribution is 2.20. The summed E-state index contributed by atoms with van der Waals surface area (Å²) in [6.07, 6.45) is 1.57. The van der Waals surface area contributed by atoms with Gasteiger partial charge in [-0.25, -0.2) is 13.1 Å². The van der Waals surface area contributed by atoms with E-state index in [-0.39, 0.29) is 11.4 Å². The van der Waals surface area contributed by atoms with E-state index < -0.39 is 10.0 Å². The van der Waals surface area contributed by atoms with Gasteiger partial charge in [-0.2, -0.15) is 0 Å². The Kier molecular flexibility index (Phi) is 6.10.